The Kier molecular flexibility index (Phi) is 4.87. The quantitative estimate of drug-likeness (QED) is 0.898. The Morgan fingerprint density at radius 3 is 2.43 bits per heavy atom. The van der Waals surface area contributed by atoms with Gasteiger partial charge in [0.15, 0.2) is 11.9 Å². The van der Waals surface area contributed by atoms with E-state index >= 15 is 0 Å². The van der Waals surface area contributed by atoms with Gasteiger partial charge in [0.05, 0.1) is 12.4 Å². The highest BCUT2D eigenvalue weighted by molar-refractivity contribution is 5.68. The summed E-state index contributed by atoms with van der Waals surface area (Å²) in [6.07, 6.45) is -5.25. The molecule has 120 valence electrons. The van der Waals surface area contributed by atoms with E-state index < -0.39 is 35.8 Å². The number of imidazole rings is 1. The van der Waals surface area contributed by atoms with Gasteiger partial charge >= 0.3 is 12.3 Å². The maximum atomic E-state index is 12.4. The number of ether oxygens (including phenoxy) is 1. The number of nitrogens with zero attached hydrogens (tertiary/aromatic N) is 2. The number of carbonyl (C=O) groups is 1. The molecule has 9 heteroatoms. The highest BCUT2D eigenvalue weighted by atomic mass is 19.4. The highest BCUT2D eigenvalue weighted by Gasteiger charge is 2.34. The van der Waals surface area contributed by atoms with E-state index in [2.05, 4.69) is 10.3 Å². The standard InChI is InChI=1S/C12H18F3N3O3/c1-7(17-10(20)21-11(2,3)4)9(19)18-5-8(16-6-18)12(13,14)15/h5-7,9,19H,1-4H3,(H,17,20). The van der Waals surface area contributed by atoms with E-state index in [1.807, 2.05) is 0 Å². The molecular formula is C12H18F3N3O3. The minimum Gasteiger partial charge on any atom is -0.444 e. The van der Waals surface area contributed by atoms with Crippen molar-refractivity contribution in [2.45, 2.75) is 51.7 Å². The van der Waals surface area contributed by atoms with Gasteiger partial charge in [0, 0.05) is 6.20 Å². The van der Waals surface area contributed by atoms with Gasteiger partial charge in [-0.15, -0.1) is 0 Å². The predicted molar refractivity (Wildman–Crippen MR) is 67.3 cm³/mol. The van der Waals surface area contributed by atoms with Crippen molar-refractivity contribution in [3.05, 3.63) is 18.2 Å². The third-order valence-electron chi connectivity index (χ3n) is 2.39. The largest absolute Gasteiger partial charge is 0.444 e. The van der Waals surface area contributed by atoms with E-state index in [0.717, 1.165) is 10.9 Å². The van der Waals surface area contributed by atoms with E-state index in [0.29, 0.717) is 6.20 Å². The Hall–Kier alpha value is -1.77. The van der Waals surface area contributed by atoms with Gasteiger partial charge in [-0.05, 0) is 27.7 Å². The van der Waals surface area contributed by atoms with Crippen molar-refractivity contribution in [1.29, 1.82) is 0 Å². The van der Waals surface area contributed by atoms with Crippen LogP contribution in [0.3, 0.4) is 0 Å². The second-order valence-corrected chi connectivity index (χ2v) is 5.55. The van der Waals surface area contributed by atoms with Gasteiger partial charge in [0.2, 0.25) is 0 Å². The molecule has 1 amide bonds. The van der Waals surface area contributed by atoms with Crippen LogP contribution in [0.25, 0.3) is 0 Å². The summed E-state index contributed by atoms with van der Waals surface area (Å²) in [7, 11) is 0. The molecule has 0 aliphatic heterocycles. The molecule has 0 aromatic carbocycles. The number of halogens is 3. The summed E-state index contributed by atoms with van der Waals surface area (Å²) in [5, 5.41) is 12.2. The molecule has 0 saturated carbocycles. The van der Waals surface area contributed by atoms with Crippen LogP contribution < -0.4 is 5.32 Å². The molecule has 0 aliphatic carbocycles. The maximum Gasteiger partial charge on any atom is 0.434 e. The third kappa shape index (κ3) is 5.25. The maximum absolute atomic E-state index is 12.4. The molecule has 6 nitrogen and oxygen atoms in total. The van der Waals surface area contributed by atoms with Crippen molar-refractivity contribution in [3.63, 3.8) is 0 Å². The summed E-state index contributed by atoms with van der Waals surface area (Å²) < 4.78 is 43.1. The van der Waals surface area contributed by atoms with Gasteiger partial charge in [-0.2, -0.15) is 13.2 Å². The molecule has 2 atom stereocenters. The average Bonchev–Trinajstić information content (AvgIpc) is 2.73. The topological polar surface area (TPSA) is 76.4 Å². The fraction of sp³-hybridized carbons (Fsp3) is 0.667. The van der Waals surface area contributed by atoms with Crippen LogP contribution in [0.15, 0.2) is 12.5 Å². The number of rotatable bonds is 3. The fourth-order valence-corrected chi connectivity index (χ4v) is 1.45. The van der Waals surface area contributed by atoms with Crippen LogP contribution >= 0.6 is 0 Å². The van der Waals surface area contributed by atoms with E-state index in [1.165, 1.54) is 6.92 Å². The minimum absolute atomic E-state index is 0.665. The molecule has 1 aromatic rings. The molecular weight excluding hydrogens is 291 g/mol. The van der Waals surface area contributed by atoms with Crippen molar-refractivity contribution < 1.29 is 27.8 Å². The zero-order valence-electron chi connectivity index (χ0n) is 12.1. The molecule has 0 aliphatic rings. The lowest BCUT2D eigenvalue weighted by molar-refractivity contribution is -0.141. The molecule has 21 heavy (non-hydrogen) atoms. The minimum atomic E-state index is -4.59. The molecule has 0 bridgehead atoms. The van der Waals surface area contributed by atoms with Crippen molar-refractivity contribution >= 4 is 6.09 Å². The number of carbonyl (C=O) groups excluding carboxylic acids is 1. The lowest BCUT2D eigenvalue weighted by Crippen LogP contribution is -2.41. The van der Waals surface area contributed by atoms with Crippen LogP contribution in [0.4, 0.5) is 18.0 Å². The van der Waals surface area contributed by atoms with Gasteiger partial charge in [-0.1, -0.05) is 0 Å². The van der Waals surface area contributed by atoms with Crippen LogP contribution in [-0.4, -0.2) is 32.4 Å². The second-order valence-electron chi connectivity index (χ2n) is 5.55. The predicted octanol–water partition coefficient (Wildman–Crippen LogP) is 2.31. The highest BCUT2D eigenvalue weighted by Crippen LogP contribution is 2.28. The van der Waals surface area contributed by atoms with E-state index in [9.17, 15) is 23.1 Å². The summed E-state index contributed by atoms with van der Waals surface area (Å²) in [5.74, 6) is 0. The van der Waals surface area contributed by atoms with E-state index in [1.54, 1.807) is 20.8 Å². The van der Waals surface area contributed by atoms with Gasteiger partial charge in [0.25, 0.3) is 0 Å². The first-order valence-corrected chi connectivity index (χ1v) is 6.18. The number of alkyl carbamates (subject to hydrolysis) is 1. The first-order valence-electron chi connectivity index (χ1n) is 6.18. The molecule has 0 radical (unpaired) electrons. The summed E-state index contributed by atoms with van der Waals surface area (Å²) in [5.41, 5.74) is -1.83. The summed E-state index contributed by atoms with van der Waals surface area (Å²) in [6.45, 7) is 6.43. The Labute approximate surface area is 119 Å². The van der Waals surface area contributed by atoms with Gasteiger partial charge < -0.3 is 19.7 Å². The molecule has 1 rings (SSSR count). The number of aliphatic hydroxyl groups excluding tert-OH is 1. The molecule has 2 N–H and O–H groups in total. The van der Waals surface area contributed by atoms with Crippen LogP contribution in [0.5, 0.6) is 0 Å². The van der Waals surface area contributed by atoms with Crippen LogP contribution in [0.2, 0.25) is 0 Å². The molecule has 2 unspecified atom stereocenters. The zero-order valence-corrected chi connectivity index (χ0v) is 12.1. The van der Waals surface area contributed by atoms with Crippen molar-refractivity contribution in [2.75, 3.05) is 0 Å². The smallest absolute Gasteiger partial charge is 0.434 e. The number of aromatic nitrogens is 2. The Morgan fingerprint density at radius 2 is 2.00 bits per heavy atom. The first-order chi connectivity index (χ1) is 9.40. The first kappa shape index (κ1) is 17.3. The second kappa shape index (κ2) is 5.92. The third-order valence-corrected chi connectivity index (χ3v) is 2.39. The molecule has 0 fully saturated rings. The number of hydrogen-bond acceptors (Lipinski definition) is 4. The number of amides is 1. The molecule has 1 heterocycles. The van der Waals surface area contributed by atoms with E-state index in [4.69, 9.17) is 4.74 Å². The Morgan fingerprint density at radius 1 is 1.43 bits per heavy atom. The molecule has 0 saturated heterocycles. The number of alkyl halides is 3. The zero-order chi connectivity index (χ0) is 16.4. The van der Waals surface area contributed by atoms with Gasteiger partial charge in [-0.3, -0.25) is 0 Å². The van der Waals surface area contributed by atoms with Crippen LogP contribution in [0.1, 0.15) is 39.6 Å². The fourth-order valence-electron chi connectivity index (χ4n) is 1.45. The summed E-state index contributed by atoms with van der Waals surface area (Å²) >= 11 is 0. The number of hydrogen-bond donors (Lipinski definition) is 2. The van der Waals surface area contributed by atoms with Crippen molar-refractivity contribution in [1.82, 2.24) is 14.9 Å². The molecule has 0 spiro atoms. The number of aliphatic hydroxyl groups is 1. The van der Waals surface area contributed by atoms with E-state index in [-0.39, 0.29) is 0 Å². The molecule has 1 aromatic heterocycles. The summed E-state index contributed by atoms with van der Waals surface area (Å²) in [4.78, 5) is 14.7. The summed E-state index contributed by atoms with van der Waals surface area (Å²) in [6, 6.07) is -0.866. The average molecular weight is 309 g/mol. The number of nitrogens with one attached hydrogen (secondary N) is 1. The normalized spacial score (nSPS) is 15.4. The SMILES string of the molecule is CC(NC(=O)OC(C)(C)C)C(O)n1cnc(C(F)(F)F)c1. The van der Waals surface area contributed by atoms with Crippen LogP contribution in [0, 0.1) is 0 Å². The lowest BCUT2D eigenvalue weighted by Gasteiger charge is -2.24. The Balaban J connectivity index is 2.68. The monoisotopic (exact) mass is 309 g/mol. The van der Waals surface area contributed by atoms with Crippen LogP contribution in [-0.2, 0) is 10.9 Å². The van der Waals surface area contributed by atoms with Crippen molar-refractivity contribution in [3.8, 4) is 0 Å². The van der Waals surface area contributed by atoms with Gasteiger partial charge in [-0.25, -0.2) is 9.78 Å². The lowest BCUT2D eigenvalue weighted by atomic mass is 10.2. The van der Waals surface area contributed by atoms with Crippen molar-refractivity contribution in [2.24, 2.45) is 0 Å². The van der Waals surface area contributed by atoms with Gasteiger partial charge in [0.1, 0.15) is 5.60 Å². The Bertz CT molecular complexity index is 494.